The van der Waals surface area contributed by atoms with Crippen LogP contribution in [0.4, 0.5) is 0 Å². The normalized spacial score (nSPS) is 18.3. The van der Waals surface area contributed by atoms with Crippen molar-refractivity contribution in [3.63, 3.8) is 0 Å². The minimum absolute atomic E-state index is 0. The molecule has 1 aromatic heterocycles. The van der Waals surface area contributed by atoms with Gasteiger partial charge in [-0.3, -0.25) is 9.89 Å². The molecule has 0 amide bonds. The van der Waals surface area contributed by atoms with E-state index in [1.807, 2.05) is 11.3 Å². The number of morpholine rings is 1. The lowest BCUT2D eigenvalue weighted by atomic mass is 10.1. The Morgan fingerprint density at radius 2 is 2.08 bits per heavy atom. The summed E-state index contributed by atoms with van der Waals surface area (Å²) in [6, 6.07) is 4.31. The van der Waals surface area contributed by atoms with Crippen LogP contribution in [0.5, 0.6) is 0 Å². The van der Waals surface area contributed by atoms with Crippen molar-refractivity contribution in [2.24, 2.45) is 10.9 Å². The zero-order chi connectivity index (χ0) is 17.2. The second kappa shape index (κ2) is 12.9. The fourth-order valence-corrected chi connectivity index (χ4v) is 3.58. The van der Waals surface area contributed by atoms with E-state index in [-0.39, 0.29) is 24.0 Å². The molecule has 7 heteroatoms. The summed E-state index contributed by atoms with van der Waals surface area (Å²) in [4.78, 5) is 8.66. The molecule has 0 saturated carbocycles. The highest BCUT2D eigenvalue weighted by atomic mass is 127. The molecule has 0 bridgehead atoms. The predicted molar refractivity (Wildman–Crippen MR) is 119 cm³/mol. The largest absolute Gasteiger partial charge is 0.379 e. The van der Waals surface area contributed by atoms with Crippen molar-refractivity contribution in [2.75, 3.05) is 52.5 Å². The quantitative estimate of drug-likeness (QED) is 0.341. The monoisotopic (exact) mass is 480 g/mol. The predicted octanol–water partition coefficient (Wildman–Crippen LogP) is 2.99. The molecule has 144 valence electrons. The van der Waals surface area contributed by atoms with E-state index in [4.69, 9.17) is 9.73 Å². The van der Waals surface area contributed by atoms with Crippen LogP contribution in [-0.4, -0.2) is 63.3 Å². The summed E-state index contributed by atoms with van der Waals surface area (Å²) in [5.41, 5.74) is 0. The van der Waals surface area contributed by atoms with Crippen LogP contribution in [0, 0.1) is 5.92 Å². The Bertz CT molecular complexity index is 477. The van der Waals surface area contributed by atoms with E-state index in [2.05, 4.69) is 53.8 Å². The molecule has 2 unspecified atom stereocenters. The maximum atomic E-state index is 5.41. The Hall–Kier alpha value is -0.380. The number of rotatable bonds is 8. The highest BCUT2D eigenvalue weighted by molar-refractivity contribution is 14.0. The molecule has 0 radical (unpaired) electrons. The summed E-state index contributed by atoms with van der Waals surface area (Å²) in [5.74, 6) is 1.97. The van der Waals surface area contributed by atoms with Crippen molar-refractivity contribution >= 4 is 41.3 Å². The zero-order valence-corrected chi connectivity index (χ0v) is 18.8. The minimum Gasteiger partial charge on any atom is -0.379 e. The lowest BCUT2D eigenvalue weighted by Gasteiger charge is -2.28. The van der Waals surface area contributed by atoms with Crippen molar-refractivity contribution in [3.05, 3.63) is 22.4 Å². The second-order valence-corrected chi connectivity index (χ2v) is 7.51. The Morgan fingerprint density at radius 3 is 2.72 bits per heavy atom. The van der Waals surface area contributed by atoms with Gasteiger partial charge in [-0.05, 0) is 24.3 Å². The van der Waals surface area contributed by atoms with Gasteiger partial charge in [0.1, 0.15) is 0 Å². The molecule has 0 aromatic carbocycles. The van der Waals surface area contributed by atoms with E-state index in [1.54, 1.807) is 0 Å². The Balaban J connectivity index is 0.00000312. The van der Waals surface area contributed by atoms with E-state index in [1.165, 1.54) is 4.88 Å². The van der Waals surface area contributed by atoms with Crippen molar-refractivity contribution < 1.29 is 4.74 Å². The van der Waals surface area contributed by atoms with Crippen molar-refractivity contribution in [2.45, 2.75) is 26.7 Å². The van der Waals surface area contributed by atoms with Gasteiger partial charge in [0.15, 0.2) is 5.96 Å². The summed E-state index contributed by atoms with van der Waals surface area (Å²) < 4.78 is 5.41. The number of hydrogen-bond donors (Lipinski definition) is 2. The summed E-state index contributed by atoms with van der Waals surface area (Å²) in [5, 5.41) is 8.97. The van der Waals surface area contributed by atoms with Crippen LogP contribution in [0.15, 0.2) is 22.5 Å². The molecule has 2 heterocycles. The number of hydrogen-bond acceptors (Lipinski definition) is 4. The number of aliphatic imine (C=N–C) groups is 1. The molecule has 2 rings (SSSR count). The highest BCUT2D eigenvalue weighted by Crippen LogP contribution is 2.19. The molecule has 1 fully saturated rings. The first-order chi connectivity index (χ1) is 11.7. The highest BCUT2D eigenvalue weighted by Gasteiger charge is 2.14. The average molecular weight is 480 g/mol. The molecule has 2 atom stereocenters. The summed E-state index contributed by atoms with van der Waals surface area (Å²) in [6.07, 6.45) is 0. The summed E-state index contributed by atoms with van der Waals surface area (Å²) >= 11 is 1.82. The van der Waals surface area contributed by atoms with Gasteiger partial charge in [0.2, 0.25) is 0 Å². The lowest BCUT2D eigenvalue weighted by Crippen LogP contribution is -2.41. The number of nitrogens with one attached hydrogen (secondary N) is 2. The van der Waals surface area contributed by atoms with Crippen LogP contribution in [0.25, 0.3) is 0 Å². The molecular weight excluding hydrogens is 447 g/mol. The van der Waals surface area contributed by atoms with E-state index in [9.17, 15) is 0 Å². The number of nitrogens with zero attached hydrogens (tertiary/aromatic N) is 2. The maximum absolute atomic E-state index is 5.41. The van der Waals surface area contributed by atoms with Crippen LogP contribution in [-0.2, 0) is 4.74 Å². The topological polar surface area (TPSA) is 48.9 Å². The maximum Gasteiger partial charge on any atom is 0.191 e. The van der Waals surface area contributed by atoms with Crippen molar-refractivity contribution in [1.82, 2.24) is 15.5 Å². The fourth-order valence-electron chi connectivity index (χ4n) is 2.79. The van der Waals surface area contributed by atoms with E-state index in [0.29, 0.717) is 11.8 Å². The van der Waals surface area contributed by atoms with Crippen LogP contribution in [0.2, 0.25) is 0 Å². The number of guanidine groups is 1. The smallest absolute Gasteiger partial charge is 0.191 e. The molecule has 0 spiro atoms. The van der Waals surface area contributed by atoms with E-state index >= 15 is 0 Å². The molecule has 1 aromatic rings. The third kappa shape index (κ3) is 8.70. The standard InChI is InChI=1S/C18H32N4OS.HI/c1-4-19-18(21-13-16(3)17-6-5-11-24-17)20-12-15(2)14-22-7-9-23-10-8-22;/h5-6,11,15-16H,4,7-10,12-14H2,1-3H3,(H2,19,20,21);1H. The third-order valence-electron chi connectivity index (χ3n) is 4.18. The number of halogens is 1. The molecular formula is C18H33IN4OS. The molecule has 2 N–H and O–H groups in total. The fraction of sp³-hybridized carbons (Fsp3) is 0.722. The van der Waals surface area contributed by atoms with Gasteiger partial charge in [0.05, 0.1) is 13.2 Å². The van der Waals surface area contributed by atoms with Gasteiger partial charge in [-0.15, -0.1) is 35.3 Å². The van der Waals surface area contributed by atoms with Crippen LogP contribution in [0.1, 0.15) is 31.6 Å². The second-order valence-electron chi connectivity index (χ2n) is 6.54. The first kappa shape index (κ1) is 22.7. The molecule has 0 aliphatic carbocycles. The number of thiophene rings is 1. The lowest BCUT2D eigenvalue weighted by molar-refractivity contribution is 0.0323. The Kier molecular flexibility index (Phi) is 11.7. The van der Waals surface area contributed by atoms with E-state index < -0.39 is 0 Å². The Morgan fingerprint density at radius 1 is 1.32 bits per heavy atom. The van der Waals surface area contributed by atoms with Gasteiger partial charge in [-0.25, -0.2) is 0 Å². The zero-order valence-electron chi connectivity index (χ0n) is 15.7. The number of ether oxygens (including phenoxy) is 1. The molecule has 1 saturated heterocycles. The van der Waals surface area contributed by atoms with Crippen LogP contribution >= 0.6 is 35.3 Å². The van der Waals surface area contributed by atoms with Gasteiger partial charge >= 0.3 is 0 Å². The van der Waals surface area contributed by atoms with Gasteiger partial charge in [-0.1, -0.05) is 19.9 Å². The van der Waals surface area contributed by atoms with Crippen LogP contribution < -0.4 is 10.6 Å². The first-order valence-electron chi connectivity index (χ1n) is 9.04. The van der Waals surface area contributed by atoms with Crippen molar-refractivity contribution in [1.29, 1.82) is 0 Å². The van der Waals surface area contributed by atoms with Gasteiger partial charge < -0.3 is 15.4 Å². The van der Waals surface area contributed by atoms with Gasteiger partial charge in [-0.2, -0.15) is 0 Å². The first-order valence-corrected chi connectivity index (χ1v) is 9.92. The SMILES string of the molecule is CCNC(=NCC(C)CN1CCOCC1)NCC(C)c1cccs1.I. The van der Waals surface area contributed by atoms with E-state index in [0.717, 1.165) is 58.4 Å². The van der Waals surface area contributed by atoms with Gasteiger partial charge in [0.25, 0.3) is 0 Å². The van der Waals surface area contributed by atoms with Crippen LogP contribution in [0.3, 0.4) is 0 Å². The minimum atomic E-state index is 0. The van der Waals surface area contributed by atoms with Crippen molar-refractivity contribution in [3.8, 4) is 0 Å². The summed E-state index contributed by atoms with van der Waals surface area (Å²) in [7, 11) is 0. The molecule has 25 heavy (non-hydrogen) atoms. The van der Waals surface area contributed by atoms with Gasteiger partial charge in [0, 0.05) is 50.1 Å². The summed E-state index contributed by atoms with van der Waals surface area (Å²) in [6.45, 7) is 14.2. The molecule has 1 aliphatic rings. The Labute approximate surface area is 173 Å². The molecule has 5 nitrogen and oxygen atoms in total. The average Bonchev–Trinajstić information content (AvgIpc) is 3.12. The molecule has 1 aliphatic heterocycles. The third-order valence-corrected chi connectivity index (χ3v) is 5.29.